The first-order valence-electron chi connectivity index (χ1n) is 13.5. The summed E-state index contributed by atoms with van der Waals surface area (Å²) in [6, 6.07) is 0.176. The SMILES string of the molecule is CCCCOc1nc(N)c2[nH]c(=O)n(CC3C=CC(OCCCCN4CCC(C(=O)OC)CC4)=NC3)c2n1. The Labute approximate surface area is 222 Å². The molecule has 0 saturated carbocycles. The number of aromatic nitrogens is 4. The van der Waals surface area contributed by atoms with Gasteiger partial charge in [0.05, 0.1) is 32.8 Å². The highest BCUT2D eigenvalue weighted by molar-refractivity contribution is 5.88. The number of aromatic amines is 1. The fourth-order valence-electron chi connectivity index (χ4n) is 4.73. The van der Waals surface area contributed by atoms with Crippen LogP contribution >= 0.6 is 0 Å². The number of dihydropyridines is 1. The minimum Gasteiger partial charge on any atom is -0.478 e. The molecule has 1 atom stereocenters. The van der Waals surface area contributed by atoms with E-state index >= 15 is 0 Å². The number of nitrogens with one attached hydrogen (secondary N) is 1. The molecular formula is C26H39N7O5. The fraction of sp³-hybridized carbons (Fsp3) is 0.654. The van der Waals surface area contributed by atoms with Gasteiger partial charge in [0, 0.05) is 12.5 Å². The third-order valence-electron chi connectivity index (χ3n) is 7.01. The minimum atomic E-state index is -0.291. The Kier molecular flexibility index (Phi) is 9.74. The molecule has 2 aromatic rings. The summed E-state index contributed by atoms with van der Waals surface area (Å²) in [5.74, 6) is 0.783. The van der Waals surface area contributed by atoms with Crippen LogP contribution in [0.4, 0.5) is 5.82 Å². The molecule has 3 N–H and O–H groups in total. The molecule has 0 spiro atoms. The average Bonchev–Trinajstić information content (AvgIpc) is 3.24. The number of H-pyrrole nitrogens is 1. The smallest absolute Gasteiger partial charge is 0.327 e. The topological polar surface area (TPSA) is 150 Å². The lowest BCUT2D eigenvalue weighted by Crippen LogP contribution is -2.37. The second-order valence-corrected chi connectivity index (χ2v) is 9.83. The number of hydrogen-bond donors (Lipinski definition) is 2. The lowest BCUT2D eigenvalue weighted by atomic mass is 9.97. The molecule has 0 bridgehead atoms. The number of nitrogen functional groups attached to an aromatic ring is 1. The number of carbonyl (C=O) groups excluding carboxylic acids is 1. The van der Waals surface area contributed by atoms with Crippen molar-refractivity contribution in [2.24, 2.45) is 16.8 Å². The van der Waals surface area contributed by atoms with Crippen LogP contribution in [0.2, 0.25) is 0 Å². The zero-order valence-electron chi connectivity index (χ0n) is 22.4. The number of unbranched alkanes of at least 4 members (excludes halogenated alkanes) is 2. The number of esters is 1. The van der Waals surface area contributed by atoms with Gasteiger partial charge in [-0.1, -0.05) is 19.4 Å². The molecule has 12 nitrogen and oxygen atoms in total. The van der Waals surface area contributed by atoms with Gasteiger partial charge in [0.2, 0.25) is 5.90 Å². The van der Waals surface area contributed by atoms with Gasteiger partial charge in [0.25, 0.3) is 0 Å². The summed E-state index contributed by atoms with van der Waals surface area (Å²) in [7, 11) is 1.46. The van der Waals surface area contributed by atoms with E-state index < -0.39 is 0 Å². The van der Waals surface area contributed by atoms with Crippen molar-refractivity contribution >= 4 is 28.8 Å². The highest BCUT2D eigenvalue weighted by atomic mass is 16.5. The van der Waals surface area contributed by atoms with Gasteiger partial charge in [-0.2, -0.15) is 9.97 Å². The van der Waals surface area contributed by atoms with Crippen LogP contribution in [-0.2, 0) is 20.8 Å². The molecule has 0 amide bonds. The van der Waals surface area contributed by atoms with E-state index in [-0.39, 0.29) is 35.3 Å². The van der Waals surface area contributed by atoms with Gasteiger partial charge >= 0.3 is 17.7 Å². The van der Waals surface area contributed by atoms with Gasteiger partial charge in [0.15, 0.2) is 11.5 Å². The van der Waals surface area contributed by atoms with E-state index in [2.05, 4.69) is 31.8 Å². The Morgan fingerprint density at radius 1 is 1.16 bits per heavy atom. The number of piperidine rings is 1. The van der Waals surface area contributed by atoms with Crippen molar-refractivity contribution in [3.05, 3.63) is 22.6 Å². The number of aliphatic imine (C=N–C) groups is 1. The van der Waals surface area contributed by atoms with Crippen molar-refractivity contribution in [3.8, 4) is 6.01 Å². The largest absolute Gasteiger partial charge is 0.478 e. The van der Waals surface area contributed by atoms with Gasteiger partial charge in [-0.25, -0.2) is 4.79 Å². The average molecular weight is 530 g/mol. The Bertz CT molecular complexity index is 1200. The van der Waals surface area contributed by atoms with Crippen LogP contribution in [0.25, 0.3) is 11.2 Å². The summed E-state index contributed by atoms with van der Waals surface area (Å²) in [5, 5.41) is 0. The number of rotatable bonds is 12. The summed E-state index contributed by atoms with van der Waals surface area (Å²) >= 11 is 0. The van der Waals surface area contributed by atoms with E-state index in [0.29, 0.717) is 43.4 Å². The number of carbonyl (C=O) groups is 1. The van der Waals surface area contributed by atoms with Crippen molar-refractivity contribution in [2.45, 2.75) is 52.0 Å². The van der Waals surface area contributed by atoms with E-state index in [1.165, 1.54) is 7.11 Å². The maximum Gasteiger partial charge on any atom is 0.327 e. The normalized spacial score (nSPS) is 18.5. The number of ether oxygens (including phenoxy) is 3. The van der Waals surface area contributed by atoms with Gasteiger partial charge in [0.1, 0.15) is 5.52 Å². The lowest BCUT2D eigenvalue weighted by Gasteiger charge is -2.30. The summed E-state index contributed by atoms with van der Waals surface area (Å²) in [6.07, 6.45) is 9.45. The molecule has 4 heterocycles. The van der Waals surface area contributed by atoms with Crippen LogP contribution in [0.15, 0.2) is 21.9 Å². The van der Waals surface area contributed by atoms with E-state index in [1.807, 2.05) is 12.2 Å². The molecular weight excluding hydrogens is 490 g/mol. The predicted octanol–water partition coefficient (Wildman–Crippen LogP) is 2.15. The number of nitrogens with zero attached hydrogens (tertiary/aromatic N) is 5. The van der Waals surface area contributed by atoms with E-state index in [0.717, 1.165) is 58.2 Å². The van der Waals surface area contributed by atoms with Gasteiger partial charge < -0.3 is 29.8 Å². The molecule has 0 aromatic carbocycles. The number of nitrogens with two attached hydrogens (primary N) is 1. The maximum absolute atomic E-state index is 12.6. The van der Waals surface area contributed by atoms with Crippen LogP contribution < -0.4 is 16.2 Å². The first kappa shape index (κ1) is 27.6. The molecule has 12 heteroatoms. The van der Waals surface area contributed by atoms with Crippen LogP contribution in [-0.4, -0.2) is 82.8 Å². The second-order valence-electron chi connectivity index (χ2n) is 9.83. The Morgan fingerprint density at radius 3 is 2.66 bits per heavy atom. The van der Waals surface area contributed by atoms with Crippen molar-refractivity contribution in [2.75, 3.05) is 52.2 Å². The number of fused-ring (bicyclic) bond motifs is 1. The number of likely N-dealkylation sites (tertiary alicyclic amines) is 1. The van der Waals surface area contributed by atoms with Crippen LogP contribution in [0.5, 0.6) is 6.01 Å². The number of imidazole rings is 1. The fourth-order valence-corrected chi connectivity index (χ4v) is 4.73. The molecule has 0 aliphatic carbocycles. The summed E-state index contributed by atoms with van der Waals surface area (Å²) < 4.78 is 17.9. The minimum absolute atomic E-state index is 0.0209. The van der Waals surface area contributed by atoms with Crippen LogP contribution in [0.3, 0.4) is 0 Å². The highest BCUT2D eigenvalue weighted by Crippen LogP contribution is 2.20. The first-order valence-corrected chi connectivity index (χ1v) is 13.5. The zero-order chi connectivity index (χ0) is 26.9. The highest BCUT2D eigenvalue weighted by Gasteiger charge is 2.25. The molecule has 1 fully saturated rings. The number of methoxy groups -OCH3 is 1. The predicted molar refractivity (Wildman–Crippen MR) is 144 cm³/mol. The van der Waals surface area contributed by atoms with E-state index in [1.54, 1.807) is 4.57 Å². The molecule has 2 aliphatic heterocycles. The number of hydrogen-bond acceptors (Lipinski definition) is 10. The Morgan fingerprint density at radius 2 is 1.95 bits per heavy atom. The first-order chi connectivity index (χ1) is 18.5. The molecule has 1 saturated heterocycles. The summed E-state index contributed by atoms with van der Waals surface area (Å²) in [5.41, 5.74) is 6.60. The van der Waals surface area contributed by atoms with Gasteiger partial charge in [-0.05, 0) is 57.8 Å². The standard InChI is InChI=1S/C26H39N7O5/c1-3-4-14-38-25-30-22(27)21-23(31-25)33(26(35)29-21)17-18-7-8-20(28-16-18)37-15-6-5-11-32-12-9-19(10-13-32)24(34)36-2/h7-8,18-19H,3-6,9-17H2,1-2H3,(H,29,35)(H2,27,30,31). The maximum atomic E-state index is 12.6. The third kappa shape index (κ3) is 7.12. The van der Waals surface area contributed by atoms with Gasteiger partial charge in [-0.3, -0.25) is 14.4 Å². The van der Waals surface area contributed by atoms with E-state index in [4.69, 9.17) is 19.9 Å². The van der Waals surface area contributed by atoms with Crippen LogP contribution in [0, 0.1) is 11.8 Å². The molecule has 0 radical (unpaired) electrons. The van der Waals surface area contributed by atoms with Crippen LogP contribution in [0.1, 0.15) is 45.4 Å². The summed E-state index contributed by atoms with van der Waals surface area (Å²) in [4.78, 5) is 42.5. The molecule has 208 valence electrons. The third-order valence-corrected chi connectivity index (χ3v) is 7.01. The van der Waals surface area contributed by atoms with E-state index in [9.17, 15) is 9.59 Å². The molecule has 4 rings (SSSR count). The second kappa shape index (κ2) is 13.4. The lowest BCUT2D eigenvalue weighted by molar-refractivity contribution is -0.147. The number of anilines is 1. The molecule has 38 heavy (non-hydrogen) atoms. The molecule has 1 unspecified atom stereocenters. The van der Waals surface area contributed by atoms with Crippen molar-refractivity contribution in [1.29, 1.82) is 0 Å². The van der Waals surface area contributed by atoms with Crippen molar-refractivity contribution < 1.29 is 19.0 Å². The van der Waals surface area contributed by atoms with Crippen molar-refractivity contribution in [3.63, 3.8) is 0 Å². The quantitative estimate of drug-likeness (QED) is 0.311. The Hall–Kier alpha value is -3.41. The monoisotopic (exact) mass is 529 g/mol. The zero-order valence-corrected chi connectivity index (χ0v) is 22.4. The molecule has 2 aromatic heterocycles. The Balaban J connectivity index is 1.20. The summed E-state index contributed by atoms with van der Waals surface area (Å²) in [6.45, 7) is 6.96. The molecule has 2 aliphatic rings. The van der Waals surface area contributed by atoms with Gasteiger partial charge in [-0.15, -0.1) is 0 Å². The van der Waals surface area contributed by atoms with Crippen molar-refractivity contribution in [1.82, 2.24) is 24.4 Å².